The Kier molecular flexibility index (Phi) is 4.46. The molecule has 2 aliphatic rings. The SMILES string of the molecule is COC(=O)[C@H]1[C@@H]2CC[C@@H](C2)[C@@H]1C(=O)OCC(=O)c1ccccc1. The molecule has 1 aromatic carbocycles. The third-order valence-corrected chi connectivity index (χ3v) is 5.10. The molecule has 0 spiro atoms. The van der Waals surface area contributed by atoms with Gasteiger partial charge in [0.1, 0.15) is 0 Å². The summed E-state index contributed by atoms with van der Waals surface area (Å²) < 4.78 is 10.1. The van der Waals surface area contributed by atoms with Crippen molar-refractivity contribution in [1.29, 1.82) is 0 Å². The lowest BCUT2D eigenvalue weighted by Crippen LogP contribution is -2.37. The fourth-order valence-corrected chi connectivity index (χ4v) is 4.05. The van der Waals surface area contributed by atoms with Crippen molar-refractivity contribution in [3.63, 3.8) is 0 Å². The number of hydrogen-bond donors (Lipinski definition) is 0. The highest BCUT2D eigenvalue weighted by Crippen LogP contribution is 2.53. The van der Waals surface area contributed by atoms with Gasteiger partial charge in [0, 0.05) is 5.56 Å². The number of fused-ring (bicyclic) bond motifs is 2. The summed E-state index contributed by atoms with van der Waals surface area (Å²) in [6, 6.07) is 8.71. The first-order chi connectivity index (χ1) is 11.1. The topological polar surface area (TPSA) is 69.7 Å². The van der Waals surface area contributed by atoms with Crippen LogP contribution in [0, 0.1) is 23.7 Å². The first-order valence-electron chi connectivity index (χ1n) is 7.94. The van der Waals surface area contributed by atoms with Gasteiger partial charge in [0.05, 0.1) is 18.9 Å². The van der Waals surface area contributed by atoms with Crippen LogP contribution >= 0.6 is 0 Å². The average molecular weight is 316 g/mol. The van der Waals surface area contributed by atoms with Crippen molar-refractivity contribution in [2.24, 2.45) is 23.7 Å². The summed E-state index contributed by atoms with van der Waals surface area (Å²) in [7, 11) is 1.34. The number of ketones is 1. The van der Waals surface area contributed by atoms with Crippen molar-refractivity contribution in [2.45, 2.75) is 19.3 Å². The van der Waals surface area contributed by atoms with Crippen LogP contribution < -0.4 is 0 Å². The Balaban J connectivity index is 1.63. The van der Waals surface area contributed by atoms with E-state index in [0.717, 1.165) is 19.3 Å². The molecule has 0 saturated heterocycles. The van der Waals surface area contributed by atoms with Gasteiger partial charge in [-0.05, 0) is 31.1 Å². The van der Waals surface area contributed by atoms with Gasteiger partial charge in [0.25, 0.3) is 0 Å². The van der Waals surface area contributed by atoms with E-state index in [1.807, 2.05) is 6.07 Å². The van der Waals surface area contributed by atoms with E-state index < -0.39 is 17.8 Å². The van der Waals surface area contributed by atoms with Crippen LogP contribution in [-0.2, 0) is 19.1 Å². The highest BCUT2D eigenvalue weighted by atomic mass is 16.5. The Morgan fingerprint density at radius 1 is 1.00 bits per heavy atom. The molecule has 1 aromatic rings. The molecule has 2 bridgehead atoms. The summed E-state index contributed by atoms with van der Waals surface area (Å²) in [4.78, 5) is 36.4. The maximum atomic E-state index is 12.4. The maximum Gasteiger partial charge on any atom is 0.310 e. The number of carbonyl (C=O) groups excluding carboxylic acids is 3. The van der Waals surface area contributed by atoms with Crippen molar-refractivity contribution >= 4 is 17.7 Å². The van der Waals surface area contributed by atoms with Gasteiger partial charge < -0.3 is 9.47 Å². The zero-order chi connectivity index (χ0) is 16.4. The second-order valence-electron chi connectivity index (χ2n) is 6.30. The van der Waals surface area contributed by atoms with E-state index in [1.54, 1.807) is 24.3 Å². The second-order valence-corrected chi connectivity index (χ2v) is 6.30. The smallest absolute Gasteiger partial charge is 0.310 e. The fourth-order valence-electron chi connectivity index (χ4n) is 4.05. The minimum Gasteiger partial charge on any atom is -0.469 e. The molecule has 3 rings (SSSR count). The van der Waals surface area contributed by atoms with Crippen LogP contribution in [0.5, 0.6) is 0 Å². The number of benzene rings is 1. The molecular weight excluding hydrogens is 296 g/mol. The minimum absolute atomic E-state index is 0.170. The molecule has 23 heavy (non-hydrogen) atoms. The summed E-state index contributed by atoms with van der Waals surface area (Å²) in [6.45, 7) is -0.287. The zero-order valence-electron chi connectivity index (χ0n) is 13.1. The summed E-state index contributed by atoms with van der Waals surface area (Å²) in [5.74, 6) is -1.54. The first-order valence-corrected chi connectivity index (χ1v) is 7.94. The minimum atomic E-state index is -0.468. The fraction of sp³-hybridized carbons (Fsp3) is 0.500. The van der Waals surface area contributed by atoms with Crippen molar-refractivity contribution in [3.05, 3.63) is 35.9 Å². The molecule has 0 amide bonds. The van der Waals surface area contributed by atoms with Crippen LogP contribution in [-0.4, -0.2) is 31.4 Å². The molecule has 122 valence electrons. The normalized spacial score (nSPS) is 28.4. The third kappa shape index (κ3) is 3.00. The van der Waals surface area contributed by atoms with E-state index in [4.69, 9.17) is 9.47 Å². The quantitative estimate of drug-likeness (QED) is 0.615. The summed E-state index contributed by atoms with van der Waals surface area (Å²) in [5.41, 5.74) is 0.512. The first kappa shape index (κ1) is 15.7. The lowest BCUT2D eigenvalue weighted by molar-refractivity contribution is -0.161. The van der Waals surface area contributed by atoms with Crippen LogP contribution in [0.1, 0.15) is 29.6 Å². The van der Waals surface area contributed by atoms with Gasteiger partial charge in [-0.25, -0.2) is 0 Å². The molecular formula is C18H20O5. The Hall–Kier alpha value is -2.17. The van der Waals surface area contributed by atoms with Gasteiger partial charge in [0.15, 0.2) is 12.4 Å². The van der Waals surface area contributed by atoms with Gasteiger partial charge in [-0.15, -0.1) is 0 Å². The number of Topliss-reactive ketones (excluding diaryl/α,β-unsaturated/α-hetero) is 1. The molecule has 0 N–H and O–H groups in total. The molecule has 0 aliphatic heterocycles. The molecule has 2 saturated carbocycles. The summed E-state index contributed by atoms with van der Waals surface area (Å²) >= 11 is 0. The Labute approximate surface area is 135 Å². The summed E-state index contributed by atoms with van der Waals surface area (Å²) in [6.07, 6.45) is 2.76. The Bertz CT molecular complexity index is 609. The Morgan fingerprint density at radius 2 is 1.61 bits per heavy atom. The number of rotatable bonds is 5. The molecule has 5 heteroatoms. The van der Waals surface area contributed by atoms with Crippen LogP contribution in [0.2, 0.25) is 0 Å². The van der Waals surface area contributed by atoms with Crippen molar-refractivity contribution < 1.29 is 23.9 Å². The molecule has 2 aliphatic carbocycles. The predicted octanol–water partition coefficient (Wildman–Crippen LogP) is 2.25. The van der Waals surface area contributed by atoms with Crippen molar-refractivity contribution in [3.8, 4) is 0 Å². The number of carbonyl (C=O) groups is 3. The average Bonchev–Trinajstić information content (AvgIpc) is 3.20. The van der Waals surface area contributed by atoms with Gasteiger partial charge in [-0.2, -0.15) is 0 Å². The summed E-state index contributed by atoms with van der Waals surface area (Å²) in [5, 5.41) is 0. The molecule has 0 heterocycles. The van der Waals surface area contributed by atoms with Crippen LogP contribution in [0.4, 0.5) is 0 Å². The second kappa shape index (κ2) is 6.52. The lowest BCUT2D eigenvalue weighted by Gasteiger charge is -2.27. The molecule has 5 nitrogen and oxygen atoms in total. The number of methoxy groups -OCH3 is 1. The van der Waals surface area contributed by atoms with Gasteiger partial charge in [0.2, 0.25) is 0 Å². The number of hydrogen-bond acceptors (Lipinski definition) is 5. The monoisotopic (exact) mass is 316 g/mol. The van der Waals surface area contributed by atoms with E-state index in [9.17, 15) is 14.4 Å². The van der Waals surface area contributed by atoms with Crippen LogP contribution in [0.25, 0.3) is 0 Å². The van der Waals surface area contributed by atoms with Gasteiger partial charge >= 0.3 is 11.9 Å². The zero-order valence-corrected chi connectivity index (χ0v) is 13.1. The molecule has 2 fully saturated rings. The third-order valence-electron chi connectivity index (χ3n) is 5.10. The van der Waals surface area contributed by atoms with Gasteiger partial charge in [-0.1, -0.05) is 30.3 Å². The number of esters is 2. The largest absolute Gasteiger partial charge is 0.469 e. The van der Waals surface area contributed by atoms with Crippen LogP contribution in [0.15, 0.2) is 30.3 Å². The van der Waals surface area contributed by atoms with E-state index in [2.05, 4.69) is 0 Å². The van der Waals surface area contributed by atoms with E-state index in [-0.39, 0.29) is 30.2 Å². The standard InChI is InChI=1S/C18H20O5/c1-22-17(20)15-12-7-8-13(9-12)16(15)18(21)23-10-14(19)11-5-3-2-4-6-11/h2-6,12-13,15-16H,7-10H2,1H3/t12-,13+,15+,16+/m1/s1. The number of ether oxygens (including phenoxy) is 2. The lowest BCUT2D eigenvalue weighted by atomic mass is 9.79. The van der Waals surface area contributed by atoms with Crippen molar-refractivity contribution in [1.82, 2.24) is 0 Å². The van der Waals surface area contributed by atoms with Crippen LogP contribution in [0.3, 0.4) is 0 Å². The van der Waals surface area contributed by atoms with Gasteiger partial charge in [-0.3, -0.25) is 14.4 Å². The predicted molar refractivity (Wildman–Crippen MR) is 81.6 cm³/mol. The Morgan fingerprint density at radius 3 is 2.22 bits per heavy atom. The highest BCUT2D eigenvalue weighted by Gasteiger charge is 2.55. The molecule has 4 atom stereocenters. The molecule has 0 aromatic heterocycles. The van der Waals surface area contributed by atoms with E-state index in [1.165, 1.54) is 7.11 Å². The van der Waals surface area contributed by atoms with E-state index >= 15 is 0 Å². The van der Waals surface area contributed by atoms with E-state index in [0.29, 0.717) is 5.56 Å². The van der Waals surface area contributed by atoms with Crippen molar-refractivity contribution in [2.75, 3.05) is 13.7 Å². The molecule has 0 radical (unpaired) electrons. The molecule has 0 unspecified atom stereocenters. The maximum absolute atomic E-state index is 12.4. The highest BCUT2D eigenvalue weighted by molar-refractivity contribution is 5.98.